The zero-order valence-corrected chi connectivity index (χ0v) is 23.3. The van der Waals surface area contributed by atoms with Gasteiger partial charge in [-0.05, 0) is 49.9 Å². The molecule has 2 aromatic heterocycles. The summed E-state index contributed by atoms with van der Waals surface area (Å²) in [5, 5.41) is 3.81. The second-order valence-corrected chi connectivity index (χ2v) is 11.5. The Morgan fingerprint density at radius 1 is 1.19 bits per heavy atom. The molecular formula is C24H24ClN3O6S3. The lowest BCUT2D eigenvalue weighted by Gasteiger charge is -2.06. The number of esters is 2. The SMILES string of the molecule is CCOC(=O)Cn1c(=NC(=O)CSCC(=O)Nc2sc3c(c2C(=O)OC)CCC3)sc2cc(Cl)ccc21. The summed E-state index contributed by atoms with van der Waals surface area (Å²) >= 11 is 9.85. The molecule has 0 atom stereocenters. The Labute approximate surface area is 229 Å². The number of ether oxygens (including phenoxy) is 2. The maximum absolute atomic E-state index is 12.6. The molecule has 37 heavy (non-hydrogen) atoms. The number of thioether (sulfide) groups is 1. The normalized spacial score (nSPS) is 13.0. The minimum Gasteiger partial charge on any atom is -0.465 e. The fraction of sp³-hybridized carbons (Fsp3) is 0.375. The van der Waals surface area contributed by atoms with Crippen molar-refractivity contribution in [3.05, 3.63) is 44.0 Å². The monoisotopic (exact) mass is 581 g/mol. The molecule has 196 valence electrons. The van der Waals surface area contributed by atoms with Crippen LogP contribution in [0.25, 0.3) is 10.2 Å². The number of hydrogen-bond donors (Lipinski definition) is 1. The fourth-order valence-electron chi connectivity index (χ4n) is 3.96. The number of thiazole rings is 1. The lowest BCUT2D eigenvalue weighted by molar-refractivity contribution is -0.143. The van der Waals surface area contributed by atoms with Crippen LogP contribution in [0.1, 0.15) is 34.1 Å². The van der Waals surface area contributed by atoms with Crippen LogP contribution in [0.4, 0.5) is 5.00 Å². The van der Waals surface area contributed by atoms with Gasteiger partial charge >= 0.3 is 11.9 Å². The van der Waals surface area contributed by atoms with Crippen molar-refractivity contribution in [2.45, 2.75) is 32.7 Å². The predicted molar refractivity (Wildman–Crippen MR) is 146 cm³/mol. The predicted octanol–water partition coefficient (Wildman–Crippen LogP) is 4.06. The molecule has 0 aliphatic heterocycles. The molecule has 2 heterocycles. The Morgan fingerprint density at radius 3 is 2.76 bits per heavy atom. The summed E-state index contributed by atoms with van der Waals surface area (Å²) in [6.07, 6.45) is 2.65. The first-order valence-electron chi connectivity index (χ1n) is 11.4. The van der Waals surface area contributed by atoms with Crippen molar-refractivity contribution in [3.63, 3.8) is 0 Å². The molecule has 1 aromatic carbocycles. The first kappa shape index (κ1) is 27.4. The van der Waals surface area contributed by atoms with Crippen molar-refractivity contribution >= 4 is 85.0 Å². The average Bonchev–Trinajstić information content (AvgIpc) is 3.52. The highest BCUT2D eigenvalue weighted by Crippen LogP contribution is 2.39. The van der Waals surface area contributed by atoms with Crippen molar-refractivity contribution in [3.8, 4) is 0 Å². The molecule has 1 aliphatic carbocycles. The number of hydrogen-bond acceptors (Lipinski definition) is 9. The number of halogens is 1. The molecule has 1 N–H and O–H groups in total. The summed E-state index contributed by atoms with van der Waals surface area (Å²) in [4.78, 5) is 55.2. The molecule has 9 nitrogen and oxygen atoms in total. The van der Waals surface area contributed by atoms with Crippen LogP contribution in [-0.2, 0) is 43.2 Å². The summed E-state index contributed by atoms with van der Waals surface area (Å²) in [7, 11) is 1.32. The summed E-state index contributed by atoms with van der Waals surface area (Å²) in [5.41, 5.74) is 2.10. The van der Waals surface area contributed by atoms with Crippen LogP contribution in [0.5, 0.6) is 0 Å². The summed E-state index contributed by atoms with van der Waals surface area (Å²) in [6.45, 7) is 1.87. The van der Waals surface area contributed by atoms with Gasteiger partial charge in [-0.2, -0.15) is 4.99 Å². The minimum absolute atomic E-state index is 0.00922. The number of benzene rings is 1. The van der Waals surface area contributed by atoms with Gasteiger partial charge in [-0.3, -0.25) is 14.4 Å². The zero-order valence-electron chi connectivity index (χ0n) is 20.1. The van der Waals surface area contributed by atoms with E-state index in [4.69, 9.17) is 21.1 Å². The van der Waals surface area contributed by atoms with Crippen molar-refractivity contribution in [2.24, 2.45) is 4.99 Å². The molecule has 0 saturated heterocycles. The van der Waals surface area contributed by atoms with Gasteiger partial charge in [0.1, 0.15) is 11.5 Å². The third kappa shape index (κ3) is 6.43. The zero-order chi connectivity index (χ0) is 26.5. The minimum atomic E-state index is -0.461. The van der Waals surface area contributed by atoms with E-state index in [9.17, 15) is 19.2 Å². The number of carbonyl (C=O) groups is 4. The number of rotatable bonds is 9. The Bertz CT molecular complexity index is 1440. The number of aryl methyl sites for hydroxylation is 1. The first-order valence-corrected chi connectivity index (χ1v) is 14.6. The van der Waals surface area contributed by atoms with Crippen LogP contribution in [0, 0.1) is 0 Å². The third-order valence-electron chi connectivity index (χ3n) is 5.48. The number of fused-ring (bicyclic) bond motifs is 2. The molecule has 2 amide bonds. The van der Waals surface area contributed by atoms with E-state index in [-0.39, 0.29) is 30.6 Å². The van der Waals surface area contributed by atoms with E-state index in [2.05, 4.69) is 10.3 Å². The topological polar surface area (TPSA) is 116 Å². The second-order valence-electron chi connectivity index (χ2n) is 7.99. The molecular weight excluding hydrogens is 558 g/mol. The van der Waals surface area contributed by atoms with Crippen molar-refractivity contribution in [1.29, 1.82) is 0 Å². The largest absolute Gasteiger partial charge is 0.465 e. The molecule has 0 spiro atoms. The Kier molecular flexibility index (Phi) is 9.06. The Hall–Kier alpha value is -2.67. The van der Waals surface area contributed by atoms with Crippen LogP contribution in [-0.4, -0.2) is 53.5 Å². The molecule has 0 radical (unpaired) electrons. The fourth-order valence-corrected chi connectivity index (χ4v) is 7.18. The van der Waals surface area contributed by atoms with Crippen LogP contribution < -0.4 is 10.1 Å². The van der Waals surface area contributed by atoms with Gasteiger partial charge in [0.2, 0.25) is 5.91 Å². The third-order valence-corrected chi connectivity index (χ3v) is 8.88. The van der Waals surface area contributed by atoms with Gasteiger partial charge in [-0.1, -0.05) is 22.9 Å². The lowest BCUT2D eigenvalue weighted by Crippen LogP contribution is -2.23. The van der Waals surface area contributed by atoms with Crippen LogP contribution in [0.2, 0.25) is 5.02 Å². The van der Waals surface area contributed by atoms with Gasteiger partial charge in [0.25, 0.3) is 5.91 Å². The standard InChI is InChI=1S/C24H24ClN3O6S3/c1-3-34-20(31)10-28-15-8-7-13(25)9-17(15)37-24(28)27-19(30)12-35-11-18(29)26-22-21(23(32)33-2)14-5-4-6-16(14)36-22/h7-9H,3-6,10-12H2,1-2H3,(H,26,29). The van der Waals surface area contributed by atoms with E-state index >= 15 is 0 Å². The number of nitrogens with zero attached hydrogens (tertiary/aromatic N) is 2. The Morgan fingerprint density at radius 2 is 2.00 bits per heavy atom. The van der Waals surface area contributed by atoms with Crippen LogP contribution in [0.3, 0.4) is 0 Å². The number of carbonyl (C=O) groups excluding carboxylic acids is 4. The molecule has 13 heteroatoms. The van der Waals surface area contributed by atoms with E-state index in [1.165, 1.54) is 29.8 Å². The average molecular weight is 582 g/mol. The van der Waals surface area contributed by atoms with Gasteiger partial charge in [0, 0.05) is 9.90 Å². The quantitative estimate of drug-likeness (QED) is 0.379. The summed E-state index contributed by atoms with van der Waals surface area (Å²) < 4.78 is 12.4. The number of methoxy groups -OCH3 is 1. The first-order chi connectivity index (χ1) is 17.8. The number of aromatic nitrogens is 1. The van der Waals surface area contributed by atoms with Crippen molar-refractivity contribution in [2.75, 3.05) is 30.5 Å². The van der Waals surface area contributed by atoms with Gasteiger partial charge < -0.3 is 19.4 Å². The second kappa shape index (κ2) is 12.2. The molecule has 3 aromatic rings. The number of anilines is 1. The van der Waals surface area contributed by atoms with Crippen LogP contribution >= 0.6 is 46.0 Å². The highest BCUT2D eigenvalue weighted by molar-refractivity contribution is 8.00. The molecule has 0 bridgehead atoms. The van der Waals surface area contributed by atoms with E-state index in [0.717, 1.165) is 46.2 Å². The van der Waals surface area contributed by atoms with Crippen LogP contribution in [0.15, 0.2) is 23.2 Å². The van der Waals surface area contributed by atoms with Gasteiger partial charge in [0.05, 0.1) is 41.0 Å². The number of amides is 2. The molecule has 1 aliphatic rings. The molecule has 0 unspecified atom stereocenters. The maximum atomic E-state index is 12.6. The molecule has 0 fully saturated rings. The molecule has 0 saturated carbocycles. The van der Waals surface area contributed by atoms with Crippen molar-refractivity contribution < 1.29 is 28.7 Å². The highest BCUT2D eigenvalue weighted by atomic mass is 35.5. The van der Waals surface area contributed by atoms with Gasteiger partial charge in [-0.15, -0.1) is 23.1 Å². The van der Waals surface area contributed by atoms with E-state index < -0.39 is 17.8 Å². The van der Waals surface area contributed by atoms with E-state index in [1.807, 2.05) is 0 Å². The van der Waals surface area contributed by atoms with Gasteiger partial charge in [0.15, 0.2) is 4.80 Å². The van der Waals surface area contributed by atoms with Crippen molar-refractivity contribution in [1.82, 2.24) is 4.57 Å². The highest BCUT2D eigenvalue weighted by Gasteiger charge is 2.28. The van der Waals surface area contributed by atoms with E-state index in [0.29, 0.717) is 25.9 Å². The summed E-state index contributed by atoms with van der Waals surface area (Å²) in [6, 6.07) is 5.21. The smallest absolute Gasteiger partial charge is 0.341 e. The Balaban J connectivity index is 1.42. The van der Waals surface area contributed by atoms with Gasteiger partial charge in [-0.25, -0.2) is 4.79 Å². The van der Waals surface area contributed by atoms with E-state index in [1.54, 1.807) is 29.7 Å². The maximum Gasteiger partial charge on any atom is 0.341 e. The summed E-state index contributed by atoms with van der Waals surface area (Å²) in [5.74, 6) is -1.70. The number of thiophene rings is 1. The lowest BCUT2D eigenvalue weighted by atomic mass is 10.1. The number of nitrogens with one attached hydrogen (secondary N) is 1. The molecule has 4 rings (SSSR count).